The minimum Gasteiger partial charge on any atom is -0.410 e. The summed E-state index contributed by atoms with van der Waals surface area (Å²) in [6.07, 6.45) is 5.61. The van der Waals surface area contributed by atoms with Crippen molar-refractivity contribution in [1.29, 1.82) is 0 Å². The Hall–Kier alpha value is -0.603. The lowest BCUT2D eigenvalue weighted by Gasteiger charge is -2.37. The monoisotopic (exact) mass is 234 g/mol. The van der Waals surface area contributed by atoms with Crippen LogP contribution in [0.25, 0.3) is 0 Å². The van der Waals surface area contributed by atoms with Crippen molar-refractivity contribution < 1.29 is 4.43 Å². The summed E-state index contributed by atoms with van der Waals surface area (Å²) in [4.78, 5) is 0. The van der Waals surface area contributed by atoms with Gasteiger partial charge in [-0.25, -0.2) is 0 Å². The second-order valence-corrected chi connectivity index (χ2v) is 8.79. The lowest BCUT2D eigenvalue weighted by atomic mass is 10.1. The van der Waals surface area contributed by atoms with Crippen LogP contribution in [0.15, 0.2) is 30.3 Å². The van der Waals surface area contributed by atoms with E-state index in [1.165, 1.54) is 36.9 Å². The van der Waals surface area contributed by atoms with Gasteiger partial charge in [0, 0.05) is 6.10 Å². The van der Waals surface area contributed by atoms with E-state index >= 15 is 0 Å². The molecule has 1 aromatic carbocycles. The van der Waals surface area contributed by atoms with E-state index in [0.29, 0.717) is 6.10 Å². The Morgan fingerprint density at radius 2 is 2.06 bits per heavy atom. The van der Waals surface area contributed by atoms with Gasteiger partial charge < -0.3 is 4.43 Å². The SMILES string of the molecule is CCCC1CCC[Si](C)(c2ccccc2)O1. The lowest BCUT2D eigenvalue weighted by Crippen LogP contribution is -2.52. The minimum absolute atomic E-state index is 0.524. The molecule has 1 aliphatic rings. The number of benzene rings is 1. The van der Waals surface area contributed by atoms with E-state index in [4.69, 9.17) is 4.43 Å². The van der Waals surface area contributed by atoms with Crippen LogP contribution in [0.1, 0.15) is 32.6 Å². The van der Waals surface area contributed by atoms with E-state index in [0.717, 1.165) is 0 Å². The molecule has 1 nitrogen and oxygen atoms in total. The van der Waals surface area contributed by atoms with Crippen molar-refractivity contribution in [2.24, 2.45) is 0 Å². The Morgan fingerprint density at radius 3 is 2.75 bits per heavy atom. The quantitative estimate of drug-likeness (QED) is 0.728. The van der Waals surface area contributed by atoms with Gasteiger partial charge in [-0.05, 0) is 30.6 Å². The summed E-state index contributed by atoms with van der Waals surface area (Å²) in [7, 11) is -1.61. The fraction of sp³-hybridized carbons (Fsp3) is 0.571. The van der Waals surface area contributed by atoms with Crippen molar-refractivity contribution >= 4 is 13.5 Å². The fourth-order valence-electron chi connectivity index (χ4n) is 2.68. The highest BCUT2D eigenvalue weighted by Crippen LogP contribution is 2.28. The van der Waals surface area contributed by atoms with Crippen LogP contribution in [0.4, 0.5) is 0 Å². The van der Waals surface area contributed by atoms with E-state index in [2.05, 4.69) is 43.8 Å². The summed E-state index contributed by atoms with van der Waals surface area (Å²) in [5.74, 6) is 0. The molecule has 0 N–H and O–H groups in total. The Morgan fingerprint density at radius 1 is 1.31 bits per heavy atom. The van der Waals surface area contributed by atoms with Gasteiger partial charge in [-0.15, -0.1) is 0 Å². The Kier molecular flexibility index (Phi) is 3.82. The Bertz CT molecular complexity index is 323. The third-order valence-electron chi connectivity index (χ3n) is 3.60. The standard InChI is InChI=1S/C14H22OSi/c1-3-8-13-9-7-12-16(2,15-13)14-10-5-4-6-11-14/h4-6,10-11,13H,3,7-9,12H2,1-2H3. The minimum atomic E-state index is -1.61. The van der Waals surface area contributed by atoms with Gasteiger partial charge in [0.25, 0.3) is 0 Å². The van der Waals surface area contributed by atoms with Gasteiger partial charge in [0.15, 0.2) is 0 Å². The highest BCUT2D eigenvalue weighted by molar-refractivity contribution is 6.85. The molecule has 1 fully saturated rings. The maximum absolute atomic E-state index is 6.44. The van der Waals surface area contributed by atoms with Gasteiger partial charge in [-0.3, -0.25) is 0 Å². The van der Waals surface area contributed by atoms with Crippen LogP contribution >= 0.6 is 0 Å². The molecular weight excluding hydrogens is 212 g/mol. The molecule has 0 aromatic heterocycles. The van der Waals surface area contributed by atoms with E-state index in [1.54, 1.807) is 0 Å². The molecule has 0 radical (unpaired) electrons. The summed E-state index contributed by atoms with van der Waals surface area (Å²) >= 11 is 0. The van der Waals surface area contributed by atoms with Gasteiger partial charge in [0.2, 0.25) is 8.32 Å². The first-order valence-corrected chi connectivity index (χ1v) is 9.09. The largest absolute Gasteiger partial charge is 0.410 e. The zero-order chi connectivity index (χ0) is 11.4. The summed E-state index contributed by atoms with van der Waals surface area (Å²) < 4.78 is 6.44. The zero-order valence-electron chi connectivity index (χ0n) is 10.4. The highest BCUT2D eigenvalue weighted by atomic mass is 28.4. The van der Waals surface area contributed by atoms with E-state index in [9.17, 15) is 0 Å². The van der Waals surface area contributed by atoms with Gasteiger partial charge in [0.1, 0.15) is 0 Å². The van der Waals surface area contributed by atoms with Crippen LogP contribution < -0.4 is 5.19 Å². The maximum Gasteiger partial charge on any atom is 0.221 e. The normalized spacial score (nSPS) is 30.2. The zero-order valence-corrected chi connectivity index (χ0v) is 11.4. The summed E-state index contributed by atoms with van der Waals surface area (Å²) in [5.41, 5.74) is 0. The van der Waals surface area contributed by atoms with Crippen molar-refractivity contribution in [2.45, 2.75) is 51.3 Å². The molecule has 88 valence electrons. The molecule has 0 saturated carbocycles. The predicted molar refractivity (Wildman–Crippen MR) is 71.5 cm³/mol. The van der Waals surface area contributed by atoms with Crippen molar-refractivity contribution in [1.82, 2.24) is 0 Å². The molecule has 1 saturated heterocycles. The van der Waals surface area contributed by atoms with Crippen LogP contribution in [-0.4, -0.2) is 14.4 Å². The van der Waals surface area contributed by atoms with Crippen molar-refractivity contribution in [3.05, 3.63) is 30.3 Å². The average molecular weight is 234 g/mol. The summed E-state index contributed by atoms with van der Waals surface area (Å²) in [5, 5.41) is 1.47. The number of hydrogen-bond donors (Lipinski definition) is 0. The third-order valence-corrected chi connectivity index (χ3v) is 7.32. The number of rotatable bonds is 3. The number of hydrogen-bond acceptors (Lipinski definition) is 1. The van der Waals surface area contributed by atoms with Crippen LogP contribution in [0.3, 0.4) is 0 Å². The van der Waals surface area contributed by atoms with Gasteiger partial charge >= 0.3 is 0 Å². The molecule has 2 atom stereocenters. The molecule has 0 amide bonds. The predicted octanol–water partition coefficient (Wildman–Crippen LogP) is 3.45. The van der Waals surface area contributed by atoms with Crippen molar-refractivity contribution in [2.75, 3.05) is 0 Å². The van der Waals surface area contributed by atoms with E-state index < -0.39 is 8.32 Å². The van der Waals surface area contributed by atoms with Gasteiger partial charge in [-0.2, -0.15) is 0 Å². The van der Waals surface area contributed by atoms with Crippen molar-refractivity contribution in [3.63, 3.8) is 0 Å². The molecule has 1 aromatic rings. The van der Waals surface area contributed by atoms with E-state index in [-0.39, 0.29) is 0 Å². The van der Waals surface area contributed by atoms with Crippen LogP contribution in [0, 0.1) is 0 Å². The highest BCUT2D eigenvalue weighted by Gasteiger charge is 2.36. The first-order valence-electron chi connectivity index (χ1n) is 6.48. The lowest BCUT2D eigenvalue weighted by molar-refractivity contribution is 0.153. The molecule has 0 spiro atoms. The Labute approximate surface area is 100.0 Å². The fourth-order valence-corrected chi connectivity index (χ4v) is 5.97. The average Bonchev–Trinajstić information content (AvgIpc) is 2.31. The second kappa shape index (κ2) is 5.15. The van der Waals surface area contributed by atoms with E-state index in [1.807, 2.05) is 0 Å². The molecule has 0 aliphatic carbocycles. The van der Waals surface area contributed by atoms with Crippen molar-refractivity contribution in [3.8, 4) is 0 Å². The molecule has 16 heavy (non-hydrogen) atoms. The van der Waals surface area contributed by atoms with Gasteiger partial charge in [0.05, 0.1) is 0 Å². The van der Waals surface area contributed by atoms with Gasteiger partial charge in [-0.1, -0.05) is 50.1 Å². The molecule has 0 bridgehead atoms. The summed E-state index contributed by atoms with van der Waals surface area (Å²) in [6, 6.07) is 12.2. The summed E-state index contributed by atoms with van der Waals surface area (Å²) in [6.45, 7) is 4.63. The first kappa shape index (κ1) is 11.9. The maximum atomic E-state index is 6.44. The molecule has 2 unspecified atom stereocenters. The third kappa shape index (κ3) is 2.55. The van der Waals surface area contributed by atoms with Crippen LogP contribution in [-0.2, 0) is 4.43 Å². The first-order chi connectivity index (χ1) is 7.74. The topological polar surface area (TPSA) is 9.23 Å². The Balaban J connectivity index is 2.12. The smallest absolute Gasteiger partial charge is 0.221 e. The van der Waals surface area contributed by atoms with Crippen LogP contribution in [0.5, 0.6) is 0 Å². The molecule has 1 aliphatic heterocycles. The molecule has 2 rings (SSSR count). The molecular formula is C14H22OSi. The molecule has 2 heteroatoms. The molecule has 1 heterocycles. The van der Waals surface area contributed by atoms with Crippen LogP contribution in [0.2, 0.25) is 12.6 Å². The second-order valence-electron chi connectivity index (χ2n) is 5.02.